The molecule has 0 atom stereocenters. The highest BCUT2D eigenvalue weighted by Crippen LogP contribution is 2.23. The van der Waals surface area contributed by atoms with Crippen LogP contribution in [-0.2, 0) is 24.3 Å². The lowest BCUT2D eigenvalue weighted by Crippen LogP contribution is -2.38. The topological polar surface area (TPSA) is 41.4 Å². The largest absolute Gasteiger partial charge is 0.342 e. The Morgan fingerprint density at radius 2 is 1.86 bits per heavy atom. The third kappa shape index (κ3) is 4.54. The van der Waals surface area contributed by atoms with Crippen molar-refractivity contribution in [2.75, 3.05) is 26.7 Å². The predicted molar refractivity (Wildman–Crippen MR) is 89.2 cm³/mol. The van der Waals surface area contributed by atoms with Gasteiger partial charge < -0.3 is 4.90 Å². The molecule has 6 heteroatoms. The molecule has 0 aliphatic rings. The van der Waals surface area contributed by atoms with Gasteiger partial charge in [-0.2, -0.15) is 5.10 Å². The highest BCUT2D eigenvalue weighted by Gasteiger charge is 2.18. The molecule has 1 rings (SSSR count). The first kappa shape index (κ1) is 18.2. The zero-order valence-electron chi connectivity index (χ0n) is 13.8. The third-order valence-electron chi connectivity index (χ3n) is 3.64. The maximum absolute atomic E-state index is 12.2. The number of rotatable bonds is 8. The summed E-state index contributed by atoms with van der Waals surface area (Å²) in [6.45, 7) is 11.7. The summed E-state index contributed by atoms with van der Waals surface area (Å²) in [4.78, 5) is 16.1. The molecule has 1 amide bonds. The van der Waals surface area contributed by atoms with Gasteiger partial charge in [-0.05, 0) is 50.2 Å². The van der Waals surface area contributed by atoms with E-state index in [0.717, 1.165) is 41.9 Å². The van der Waals surface area contributed by atoms with Crippen LogP contribution in [0.4, 0.5) is 0 Å². The molecule has 0 aliphatic carbocycles. The third-order valence-corrected chi connectivity index (χ3v) is 4.55. The summed E-state index contributed by atoms with van der Waals surface area (Å²) >= 11 is 3.65. The normalized spacial score (nSPS) is 11.2. The van der Waals surface area contributed by atoms with Gasteiger partial charge in [-0.15, -0.1) is 0 Å². The molecule has 0 saturated carbocycles. The van der Waals surface area contributed by atoms with Gasteiger partial charge in [0.05, 0.1) is 22.4 Å². The lowest BCUT2D eigenvalue weighted by molar-refractivity contribution is -0.131. The molecular weight excluding hydrogens is 332 g/mol. The van der Waals surface area contributed by atoms with E-state index in [0.29, 0.717) is 13.1 Å². The molecule has 0 N–H and O–H groups in total. The number of carbonyl (C=O) groups excluding carboxylic acids is 1. The van der Waals surface area contributed by atoms with Crippen molar-refractivity contribution >= 4 is 21.8 Å². The lowest BCUT2D eigenvalue weighted by atomic mass is 10.3. The summed E-state index contributed by atoms with van der Waals surface area (Å²) in [5.41, 5.74) is 2.22. The highest BCUT2D eigenvalue weighted by molar-refractivity contribution is 9.10. The smallest absolute Gasteiger partial charge is 0.236 e. The summed E-state index contributed by atoms with van der Waals surface area (Å²) < 4.78 is 3.09. The number of likely N-dealkylation sites (N-methyl/N-ethyl adjacent to an activating group) is 2. The Bertz CT molecular complexity index is 468. The predicted octanol–water partition coefficient (Wildman–Crippen LogP) is 2.53. The molecule has 0 fully saturated rings. The quantitative estimate of drug-likeness (QED) is 0.716. The SMILES string of the molecule is CCc1nn(CC)c(CN(C)CC(=O)N(CC)CC)c1Br. The molecule has 0 unspecified atom stereocenters. The van der Waals surface area contributed by atoms with Gasteiger partial charge >= 0.3 is 0 Å². The molecule has 120 valence electrons. The second-order valence-electron chi connectivity index (χ2n) is 5.12. The van der Waals surface area contributed by atoms with Crippen molar-refractivity contribution in [3.05, 3.63) is 15.9 Å². The van der Waals surface area contributed by atoms with Crippen molar-refractivity contribution in [3.63, 3.8) is 0 Å². The Morgan fingerprint density at radius 3 is 2.33 bits per heavy atom. The molecule has 1 aromatic rings. The molecule has 0 aliphatic heterocycles. The van der Waals surface area contributed by atoms with Crippen LogP contribution in [0.15, 0.2) is 4.47 Å². The van der Waals surface area contributed by atoms with Gasteiger partial charge in [-0.1, -0.05) is 6.92 Å². The van der Waals surface area contributed by atoms with Gasteiger partial charge in [0.2, 0.25) is 5.91 Å². The van der Waals surface area contributed by atoms with Crippen LogP contribution in [0, 0.1) is 0 Å². The molecule has 21 heavy (non-hydrogen) atoms. The summed E-state index contributed by atoms with van der Waals surface area (Å²) in [5.74, 6) is 0.178. The fourth-order valence-corrected chi connectivity index (χ4v) is 3.08. The minimum Gasteiger partial charge on any atom is -0.342 e. The fraction of sp³-hybridized carbons (Fsp3) is 0.733. The first-order valence-corrected chi connectivity index (χ1v) is 8.47. The number of nitrogens with zero attached hydrogens (tertiary/aromatic N) is 4. The number of aromatic nitrogens is 2. The number of aryl methyl sites for hydroxylation is 2. The number of carbonyl (C=O) groups is 1. The van der Waals surface area contributed by atoms with Crippen LogP contribution in [0.3, 0.4) is 0 Å². The number of hydrogen-bond donors (Lipinski definition) is 0. The molecule has 0 bridgehead atoms. The molecule has 1 aromatic heterocycles. The van der Waals surface area contributed by atoms with Gasteiger partial charge in [-0.3, -0.25) is 14.4 Å². The van der Waals surface area contributed by atoms with Crippen molar-refractivity contribution < 1.29 is 4.79 Å². The van der Waals surface area contributed by atoms with E-state index in [2.05, 4.69) is 34.9 Å². The Balaban J connectivity index is 2.77. The lowest BCUT2D eigenvalue weighted by Gasteiger charge is -2.23. The van der Waals surface area contributed by atoms with E-state index >= 15 is 0 Å². The van der Waals surface area contributed by atoms with Crippen LogP contribution >= 0.6 is 15.9 Å². The molecule has 0 radical (unpaired) electrons. The van der Waals surface area contributed by atoms with Gasteiger partial charge in [0.1, 0.15) is 0 Å². The van der Waals surface area contributed by atoms with Crippen molar-refractivity contribution in [1.82, 2.24) is 19.6 Å². The first-order chi connectivity index (χ1) is 9.98. The van der Waals surface area contributed by atoms with Crippen LogP contribution in [0.5, 0.6) is 0 Å². The van der Waals surface area contributed by atoms with Crippen molar-refractivity contribution in [2.45, 2.75) is 47.2 Å². The van der Waals surface area contributed by atoms with Gasteiger partial charge in [-0.25, -0.2) is 0 Å². The molecule has 0 saturated heterocycles. The average molecular weight is 359 g/mol. The molecule has 5 nitrogen and oxygen atoms in total. The van der Waals surface area contributed by atoms with Crippen LogP contribution in [-0.4, -0.2) is 52.2 Å². The van der Waals surface area contributed by atoms with Crippen molar-refractivity contribution in [2.24, 2.45) is 0 Å². The van der Waals surface area contributed by atoms with Crippen molar-refractivity contribution in [1.29, 1.82) is 0 Å². The van der Waals surface area contributed by atoms with E-state index in [-0.39, 0.29) is 5.91 Å². The average Bonchev–Trinajstić information content (AvgIpc) is 2.76. The monoisotopic (exact) mass is 358 g/mol. The van der Waals surface area contributed by atoms with E-state index in [9.17, 15) is 4.79 Å². The molecule has 1 heterocycles. The summed E-state index contributed by atoms with van der Waals surface area (Å²) in [5, 5.41) is 4.59. The van der Waals surface area contributed by atoms with Gasteiger partial charge in [0.15, 0.2) is 0 Å². The van der Waals surface area contributed by atoms with Crippen LogP contribution in [0.1, 0.15) is 39.1 Å². The molecular formula is C15H27BrN4O. The maximum atomic E-state index is 12.2. The van der Waals surface area contributed by atoms with Crippen LogP contribution in [0.2, 0.25) is 0 Å². The van der Waals surface area contributed by atoms with Crippen molar-refractivity contribution in [3.8, 4) is 0 Å². The summed E-state index contributed by atoms with van der Waals surface area (Å²) in [6.07, 6.45) is 0.905. The minimum absolute atomic E-state index is 0.178. The Hall–Kier alpha value is -0.880. The Morgan fingerprint density at radius 1 is 1.24 bits per heavy atom. The Kier molecular flexibility index (Phi) is 7.39. The fourth-order valence-electron chi connectivity index (χ4n) is 2.39. The van der Waals surface area contributed by atoms with E-state index < -0.39 is 0 Å². The summed E-state index contributed by atoms with van der Waals surface area (Å²) in [7, 11) is 1.98. The Labute approximate surface area is 136 Å². The molecule has 0 aromatic carbocycles. The maximum Gasteiger partial charge on any atom is 0.236 e. The van der Waals surface area contributed by atoms with Crippen LogP contribution in [0.25, 0.3) is 0 Å². The van der Waals surface area contributed by atoms with E-state index in [1.807, 2.05) is 35.4 Å². The minimum atomic E-state index is 0.178. The standard InChI is InChI=1S/C15H27BrN4O/c1-6-12-15(16)13(20(9-4)17-12)10-18(5)11-14(21)19(7-2)8-3/h6-11H2,1-5H3. The highest BCUT2D eigenvalue weighted by atomic mass is 79.9. The number of halogens is 1. The number of hydrogen-bond acceptors (Lipinski definition) is 3. The first-order valence-electron chi connectivity index (χ1n) is 7.68. The van der Waals surface area contributed by atoms with E-state index in [4.69, 9.17) is 0 Å². The van der Waals surface area contributed by atoms with E-state index in [1.165, 1.54) is 0 Å². The second-order valence-corrected chi connectivity index (χ2v) is 5.91. The zero-order valence-corrected chi connectivity index (χ0v) is 15.4. The van der Waals surface area contributed by atoms with Gasteiger partial charge in [0, 0.05) is 26.2 Å². The second kappa shape index (κ2) is 8.54. The zero-order chi connectivity index (χ0) is 16.0. The van der Waals surface area contributed by atoms with Crippen LogP contribution < -0.4 is 0 Å². The van der Waals surface area contributed by atoms with E-state index in [1.54, 1.807) is 0 Å². The number of amides is 1. The summed E-state index contributed by atoms with van der Waals surface area (Å²) in [6, 6.07) is 0. The van der Waals surface area contributed by atoms with Gasteiger partial charge in [0.25, 0.3) is 0 Å². The molecule has 0 spiro atoms.